The average Bonchev–Trinajstić information content (AvgIpc) is 3.02. The second-order valence-corrected chi connectivity index (χ2v) is 4.56. The van der Waals surface area contributed by atoms with Crippen LogP contribution < -0.4 is 0 Å². The Bertz CT molecular complexity index is 285. The van der Waals surface area contributed by atoms with Crippen LogP contribution in [0.1, 0.15) is 18.6 Å². The van der Waals surface area contributed by atoms with Crippen molar-refractivity contribution in [2.45, 2.75) is 25.4 Å². The van der Waals surface area contributed by atoms with Gasteiger partial charge >= 0.3 is 0 Å². The third-order valence-corrected chi connectivity index (χ3v) is 2.94. The lowest BCUT2D eigenvalue weighted by Gasteiger charge is -2.20. The van der Waals surface area contributed by atoms with Gasteiger partial charge in [-0.05, 0) is 25.0 Å². The molecule has 0 bridgehead atoms. The Morgan fingerprint density at radius 1 is 1.44 bits per heavy atom. The molecule has 16 heavy (non-hydrogen) atoms. The van der Waals surface area contributed by atoms with Crippen LogP contribution in [-0.4, -0.2) is 36.5 Å². The zero-order valence-electron chi connectivity index (χ0n) is 9.47. The minimum absolute atomic E-state index is 0.738. The molecule has 1 fully saturated rings. The van der Waals surface area contributed by atoms with E-state index >= 15 is 0 Å². The molecule has 1 aliphatic rings. The van der Waals surface area contributed by atoms with Crippen LogP contribution in [0, 0.1) is 0 Å². The van der Waals surface area contributed by atoms with Crippen molar-refractivity contribution >= 4 is 12.6 Å². The Kier molecular flexibility index (Phi) is 4.75. The van der Waals surface area contributed by atoms with Crippen LogP contribution in [-0.2, 0) is 11.3 Å². The molecular weight excluding hydrogens is 222 g/mol. The monoisotopic (exact) mass is 241 g/mol. The molecular formula is C12H19NO2S. The Morgan fingerprint density at radius 3 is 2.94 bits per heavy atom. The molecule has 0 N–H and O–H groups in total. The Balaban J connectivity index is 1.72. The van der Waals surface area contributed by atoms with Crippen LogP contribution in [0.25, 0.3) is 0 Å². The van der Waals surface area contributed by atoms with E-state index in [-0.39, 0.29) is 0 Å². The van der Waals surface area contributed by atoms with Crippen LogP contribution in [0.4, 0.5) is 0 Å². The zero-order valence-corrected chi connectivity index (χ0v) is 10.4. The normalized spacial score (nSPS) is 15.9. The molecule has 0 aliphatic heterocycles. The summed E-state index contributed by atoms with van der Waals surface area (Å²) < 4.78 is 10.8. The summed E-state index contributed by atoms with van der Waals surface area (Å²) in [6.07, 6.45) is 4.36. The highest BCUT2D eigenvalue weighted by atomic mass is 32.1. The summed E-state index contributed by atoms with van der Waals surface area (Å²) in [5, 5.41) is 0. The van der Waals surface area contributed by atoms with Crippen LogP contribution in [0.5, 0.6) is 0 Å². The molecule has 2 rings (SSSR count). The molecule has 90 valence electrons. The molecule has 1 aliphatic carbocycles. The summed E-state index contributed by atoms with van der Waals surface area (Å²) in [6.45, 7) is 3.42. The number of nitrogens with zero attached hydrogens (tertiary/aromatic N) is 1. The van der Waals surface area contributed by atoms with Gasteiger partial charge in [0.25, 0.3) is 0 Å². The van der Waals surface area contributed by atoms with E-state index in [0.717, 1.165) is 43.9 Å². The summed E-state index contributed by atoms with van der Waals surface area (Å²) in [5.74, 6) is 1.84. The van der Waals surface area contributed by atoms with E-state index in [9.17, 15) is 0 Å². The quantitative estimate of drug-likeness (QED) is 0.558. The molecule has 0 saturated heterocycles. The highest BCUT2D eigenvalue weighted by Crippen LogP contribution is 2.28. The first kappa shape index (κ1) is 12.0. The van der Waals surface area contributed by atoms with Gasteiger partial charge in [0.1, 0.15) is 5.76 Å². The van der Waals surface area contributed by atoms with Crippen molar-refractivity contribution in [2.24, 2.45) is 0 Å². The van der Waals surface area contributed by atoms with Gasteiger partial charge in [-0.15, -0.1) is 0 Å². The molecule has 0 unspecified atom stereocenters. The number of hydrogen-bond donors (Lipinski definition) is 1. The van der Waals surface area contributed by atoms with Crippen LogP contribution >= 0.6 is 12.6 Å². The van der Waals surface area contributed by atoms with Crippen molar-refractivity contribution in [3.63, 3.8) is 0 Å². The van der Waals surface area contributed by atoms with E-state index in [0.29, 0.717) is 0 Å². The molecule has 1 saturated carbocycles. The van der Waals surface area contributed by atoms with E-state index in [1.54, 1.807) is 6.26 Å². The fourth-order valence-electron chi connectivity index (χ4n) is 1.78. The number of ether oxygens (including phenoxy) is 1. The fraction of sp³-hybridized carbons (Fsp3) is 0.667. The first-order chi connectivity index (χ1) is 7.90. The highest BCUT2D eigenvalue weighted by molar-refractivity contribution is 7.80. The van der Waals surface area contributed by atoms with Gasteiger partial charge in [0, 0.05) is 18.3 Å². The van der Waals surface area contributed by atoms with Gasteiger partial charge < -0.3 is 9.15 Å². The van der Waals surface area contributed by atoms with Gasteiger partial charge in [0.2, 0.25) is 0 Å². The maximum atomic E-state index is 5.46. The van der Waals surface area contributed by atoms with Crippen molar-refractivity contribution in [1.29, 1.82) is 0 Å². The molecule has 0 radical (unpaired) electrons. The van der Waals surface area contributed by atoms with Gasteiger partial charge in [0.05, 0.1) is 26.0 Å². The second-order valence-electron chi connectivity index (χ2n) is 4.12. The van der Waals surface area contributed by atoms with Gasteiger partial charge in [-0.1, -0.05) is 0 Å². The number of rotatable bonds is 8. The Morgan fingerprint density at radius 2 is 2.31 bits per heavy atom. The Hall–Kier alpha value is -0.450. The second kappa shape index (κ2) is 6.33. The number of thiol groups is 1. The van der Waals surface area contributed by atoms with E-state index in [1.165, 1.54) is 12.8 Å². The van der Waals surface area contributed by atoms with E-state index in [2.05, 4.69) is 17.5 Å². The van der Waals surface area contributed by atoms with E-state index in [1.807, 2.05) is 12.1 Å². The standard InChI is InChI=1S/C12H19NO2S/c16-9-8-14-7-5-13(11-3-4-11)10-12-2-1-6-15-12/h1-2,6,11,16H,3-5,7-10H2. The van der Waals surface area contributed by atoms with Crippen molar-refractivity contribution in [3.8, 4) is 0 Å². The summed E-state index contributed by atoms with van der Waals surface area (Å²) in [4.78, 5) is 2.44. The molecule has 0 spiro atoms. The maximum absolute atomic E-state index is 5.46. The van der Waals surface area contributed by atoms with Crippen molar-refractivity contribution in [2.75, 3.05) is 25.5 Å². The SMILES string of the molecule is SCCOCCN(Cc1ccco1)C1CC1. The molecule has 4 heteroatoms. The highest BCUT2D eigenvalue weighted by Gasteiger charge is 2.29. The largest absolute Gasteiger partial charge is 0.468 e. The minimum Gasteiger partial charge on any atom is -0.468 e. The zero-order chi connectivity index (χ0) is 11.2. The lowest BCUT2D eigenvalue weighted by Crippen LogP contribution is -2.29. The molecule has 0 aromatic carbocycles. The van der Waals surface area contributed by atoms with Gasteiger partial charge in [-0.25, -0.2) is 0 Å². The maximum Gasteiger partial charge on any atom is 0.117 e. The summed E-state index contributed by atoms with van der Waals surface area (Å²) in [5.41, 5.74) is 0. The summed E-state index contributed by atoms with van der Waals surface area (Å²) in [7, 11) is 0. The van der Waals surface area contributed by atoms with Gasteiger partial charge in [0.15, 0.2) is 0 Å². The first-order valence-electron chi connectivity index (χ1n) is 5.85. The number of hydrogen-bond acceptors (Lipinski definition) is 4. The van der Waals surface area contributed by atoms with Crippen molar-refractivity contribution < 1.29 is 9.15 Å². The molecule has 1 aromatic heterocycles. The van der Waals surface area contributed by atoms with Crippen LogP contribution in [0.3, 0.4) is 0 Å². The topological polar surface area (TPSA) is 25.6 Å². The summed E-state index contributed by atoms with van der Waals surface area (Å²) in [6, 6.07) is 4.71. The van der Waals surface area contributed by atoms with Gasteiger partial charge in [-0.2, -0.15) is 12.6 Å². The molecule has 3 nitrogen and oxygen atoms in total. The van der Waals surface area contributed by atoms with Crippen molar-refractivity contribution in [3.05, 3.63) is 24.2 Å². The summed E-state index contributed by atoms with van der Waals surface area (Å²) >= 11 is 4.12. The van der Waals surface area contributed by atoms with Crippen molar-refractivity contribution in [1.82, 2.24) is 4.90 Å². The average molecular weight is 241 g/mol. The first-order valence-corrected chi connectivity index (χ1v) is 6.48. The Labute approximate surface area is 102 Å². The van der Waals surface area contributed by atoms with Crippen LogP contribution in [0.15, 0.2) is 22.8 Å². The third-order valence-electron chi connectivity index (χ3n) is 2.76. The number of furan rings is 1. The van der Waals surface area contributed by atoms with E-state index < -0.39 is 0 Å². The van der Waals surface area contributed by atoms with E-state index in [4.69, 9.17) is 9.15 Å². The molecule has 1 heterocycles. The lowest BCUT2D eigenvalue weighted by atomic mass is 10.4. The van der Waals surface area contributed by atoms with Gasteiger partial charge in [-0.3, -0.25) is 4.90 Å². The minimum atomic E-state index is 0.738. The predicted molar refractivity (Wildman–Crippen MR) is 66.8 cm³/mol. The lowest BCUT2D eigenvalue weighted by molar-refractivity contribution is 0.106. The third kappa shape index (κ3) is 3.85. The molecule has 0 atom stereocenters. The predicted octanol–water partition coefficient (Wildman–Crippen LogP) is 2.19. The molecule has 0 amide bonds. The smallest absolute Gasteiger partial charge is 0.117 e. The fourth-order valence-corrected chi connectivity index (χ4v) is 1.91. The van der Waals surface area contributed by atoms with Crippen LogP contribution in [0.2, 0.25) is 0 Å². The molecule has 1 aromatic rings.